The molecule has 4 rings (SSSR count). The van der Waals surface area contributed by atoms with E-state index in [4.69, 9.17) is 4.42 Å². The van der Waals surface area contributed by atoms with Gasteiger partial charge in [-0.25, -0.2) is 0 Å². The van der Waals surface area contributed by atoms with Crippen LogP contribution in [0.3, 0.4) is 0 Å². The monoisotopic (exact) mass is 401 g/mol. The molecule has 2 heterocycles. The Labute approximate surface area is 175 Å². The minimum atomic E-state index is -1.85. The molecule has 1 aromatic heterocycles. The fourth-order valence-electron chi connectivity index (χ4n) is 3.86. The quantitative estimate of drug-likeness (QED) is 0.577. The van der Waals surface area contributed by atoms with Crippen molar-refractivity contribution in [3.05, 3.63) is 96.0 Å². The van der Waals surface area contributed by atoms with Gasteiger partial charge in [0.2, 0.25) is 0 Å². The minimum absolute atomic E-state index is 0.310. The summed E-state index contributed by atoms with van der Waals surface area (Å²) in [4.78, 5) is 27.3. The Morgan fingerprint density at radius 2 is 1.80 bits per heavy atom. The highest BCUT2D eigenvalue weighted by atomic mass is 16.3. The zero-order valence-electron chi connectivity index (χ0n) is 16.5. The normalized spacial score (nSPS) is 18.2. The van der Waals surface area contributed by atoms with Crippen LogP contribution in [0.25, 0.3) is 6.08 Å². The molecule has 1 atom stereocenters. The van der Waals surface area contributed by atoms with Crippen LogP contribution < -0.4 is 4.90 Å². The van der Waals surface area contributed by atoms with Gasteiger partial charge in [0.1, 0.15) is 5.76 Å². The van der Waals surface area contributed by atoms with Gasteiger partial charge in [-0.05, 0) is 48.8 Å². The second-order valence-corrected chi connectivity index (χ2v) is 7.42. The second kappa shape index (κ2) is 8.51. The van der Waals surface area contributed by atoms with E-state index in [1.165, 1.54) is 24.0 Å². The lowest BCUT2D eigenvalue weighted by Crippen LogP contribution is -2.42. The molecular formula is C25H23NO4. The minimum Gasteiger partial charge on any atom is -0.465 e. The average Bonchev–Trinajstić information content (AvgIpc) is 3.35. The molecule has 5 nitrogen and oxygen atoms in total. The predicted molar refractivity (Wildman–Crippen MR) is 115 cm³/mol. The Hall–Kier alpha value is -3.44. The summed E-state index contributed by atoms with van der Waals surface area (Å²) in [6, 6.07) is 20.7. The lowest BCUT2D eigenvalue weighted by Gasteiger charge is -2.22. The summed E-state index contributed by atoms with van der Waals surface area (Å²) in [5.74, 6) is -0.254. The van der Waals surface area contributed by atoms with E-state index in [-0.39, 0.29) is 12.2 Å². The average molecular weight is 401 g/mol. The van der Waals surface area contributed by atoms with Gasteiger partial charge in [0.05, 0.1) is 18.4 Å². The molecule has 0 spiro atoms. The van der Waals surface area contributed by atoms with E-state index >= 15 is 0 Å². The first-order chi connectivity index (χ1) is 14.6. The summed E-state index contributed by atoms with van der Waals surface area (Å²) in [5.41, 5.74) is 0.495. The van der Waals surface area contributed by atoms with Crippen molar-refractivity contribution >= 4 is 23.5 Å². The number of amides is 1. The van der Waals surface area contributed by atoms with Gasteiger partial charge in [0.25, 0.3) is 5.91 Å². The molecule has 3 aromatic rings. The maximum Gasteiger partial charge on any atom is 0.264 e. The van der Waals surface area contributed by atoms with Crippen LogP contribution in [0.5, 0.6) is 0 Å². The van der Waals surface area contributed by atoms with Crippen LogP contribution in [0.4, 0.5) is 5.69 Å². The van der Waals surface area contributed by atoms with Crippen LogP contribution in [-0.2, 0) is 21.6 Å². The number of carbonyl (C=O) groups excluding carboxylic acids is 2. The molecule has 0 saturated carbocycles. The Morgan fingerprint density at radius 1 is 1.03 bits per heavy atom. The van der Waals surface area contributed by atoms with Gasteiger partial charge in [-0.2, -0.15) is 0 Å². The van der Waals surface area contributed by atoms with Gasteiger partial charge < -0.3 is 14.4 Å². The van der Waals surface area contributed by atoms with Gasteiger partial charge in [-0.15, -0.1) is 0 Å². The number of rotatable bonds is 8. The summed E-state index contributed by atoms with van der Waals surface area (Å²) in [6.07, 6.45) is 5.67. The van der Waals surface area contributed by atoms with Crippen molar-refractivity contribution in [1.82, 2.24) is 0 Å². The number of hydrogen-bond donors (Lipinski definition) is 1. The SMILES string of the molecule is O=C(/C=C/c1ccco1)CC1(O)C(=O)N(CCCc2ccccc2)c2ccccc21. The smallest absolute Gasteiger partial charge is 0.264 e. The lowest BCUT2D eigenvalue weighted by atomic mass is 9.90. The molecule has 1 N–H and O–H groups in total. The number of aliphatic hydroxyl groups is 1. The van der Waals surface area contributed by atoms with Crippen molar-refractivity contribution in [1.29, 1.82) is 0 Å². The summed E-state index contributed by atoms with van der Waals surface area (Å²) in [5, 5.41) is 11.3. The lowest BCUT2D eigenvalue weighted by molar-refractivity contribution is -0.140. The van der Waals surface area contributed by atoms with E-state index in [1.54, 1.807) is 29.2 Å². The van der Waals surface area contributed by atoms with Gasteiger partial charge >= 0.3 is 0 Å². The third kappa shape index (κ3) is 3.98. The number of allylic oxidation sites excluding steroid dienone is 1. The number of benzene rings is 2. The highest BCUT2D eigenvalue weighted by molar-refractivity contribution is 6.10. The third-order valence-electron chi connectivity index (χ3n) is 5.34. The van der Waals surface area contributed by atoms with Crippen molar-refractivity contribution in [3.63, 3.8) is 0 Å². The van der Waals surface area contributed by atoms with Gasteiger partial charge in [-0.3, -0.25) is 9.59 Å². The molecule has 30 heavy (non-hydrogen) atoms. The van der Waals surface area contributed by atoms with E-state index in [0.717, 1.165) is 12.8 Å². The van der Waals surface area contributed by atoms with E-state index < -0.39 is 11.5 Å². The molecule has 0 radical (unpaired) electrons. The highest BCUT2D eigenvalue weighted by Gasteiger charge is 2.50. The summed E-state index contributed by atoms with van der Waals surface area (Å²) < 4.78 is 5.18. The molecule has 1 unspecified atom stereocenters. The van der Waals surface area contributed by atoms with Crippen molar-refractivity contribution in [2.24, 2.45) is 0 Å². The predicted octanol–water partition coefficient (Wildman–Crippen LogP) is 4.12. The zero-order chi connectivity index (χ0) is 21.0. The van der Waals surface area contributed by atoms with Gasteiger partial charge in [0.15, 0.2) is 11.4 Å². The number of hydrogen-bond acceptors (Lipinski definition) is 4. The van der Waals surface area contributed by atoms with E-state index in [9.17, 15) is 14.7 Å². The van der Waals surface area contributed by atoms with E-state index in [1.807, 2.05) is 30.3 Å². The first-order valence-electron chi connectivity index (χ1n) is 10.00. The zero-order valence-corrected chi connectivity index (χ0v) is 16.5. The van der Waals surface area contributed by atoms with Crippen molar-refractivity contribution < 1.29 is 19.1 Å². The Bertz CT molecular complexity index is 1060. The fourth-order valence-corrected chi connectivity index (χ4v) is 3.86. The van der Waals surface area contributed by atoms with Crippen LogP contribution in [-0.4, -0.2) is 23.3 Å². The highest BCUT2D eigenvalue weighted by Crippen LogP contribution is 2.42. The molecule has 1 aliphatic rings. The molecule has 1 amide bonds. The molecule has 2 aromatic carbocycles. The number of anilines is 1. The third-order valence-corrected chi connectivity index (χ3v) is 5.34. The van der Waals surface area contributed by atoms with Crippen LogP contribution in [0.15, 0.2) is 83.5 Å². The molecular weight excluding hydrogens is 378 g/mol. The number of aryl methyl sites for hydroxylation is 1. The largest absolute Gasteiger partial charge is 0.465 e. The standard InChI is InChI=1S/C25H23NO4/c27-20(14-15-21-11-7-17-30-21)18-25(29)22-12-4-5-13-23(22)26(24(25)28)16-6-10-19-8-2-1-3-9-19/h1-5,7-9,11-15,17,29H,6,10,16,18H2/b15-14+. The number of ketones is 1. The van der Waals surface area contributed by atoms with E-state index in [2.05, 4.69) is 12.1 Å². The molecule has 0 fully saturated rings. The first kappa shape index (κ1) is 19.9. The Kier molecular flexibility index (Phi) is 5.63. The van der Waals surface area contributed by atoms with Crippen molar-refractivity contribution in [3.8, 4) is 0 Å². The number of para-hydroxylation sites is 1. The fraction of sp³-hybridized carbons (Fsp3) is 0.200. The number of carbonyl (C=O) groups is 2. The van der Waals surface area contributed by atoms with Crippen molar-refractivity contribution in [2.75, 3.05) is 11.4 Å². The number of fused-ring (bicyclic) bond motifs is 1. The summed E-state index contributed by atoms with van der Waals surface area (Å²) in [6.45, 7) is 0.476. The number of furan rings is 1. The molecule has 0 bridgehead atoms. The van der Waals surface area contributed by atoms with Crippen molar-refractivity contribution in [2.45, 2.75) is 24.9 Å². The second-order valence-electron chi connectivity index (χ2n) is 7.42. The molecule has 5 heteroatoms. The summed E-state index contributed by atoms with van der Waals surface area (Å²) >= 11 is 0. The van der Waals surface area contributed by atoms with Crippen LogP contribution in [0, 0.1) is 0 Å². The van der Waals surface area contributed by atoms with E-state index in [0.29, 0.717) is 23.6 Å². The number of nitrogens with zero attached hydrogens (tertiary/aromatic N) is 1. The first-order valence-corrected chi connectivity index (χ1v) is 10.00. The molecule has 1 aliphatic heterocycles. The maximum atomic E-state index is 13.2. The molecule has 152 valence electrons. The van der Waals surface area contributed by atoms with Crippen LogP contribution in [0.2, 0.25) is 0 Å². The summed E-state index contributed by atoms with van der Waals surface area (Å²) in [7, 11) is 0. The molecule has 0 saturated heterocycles. The maximum absolute atomic E-state index is 13.2. The molecule has 0 aliphatic carbocycles. The topological polar surface area (TPSA) is 70.7 Å². The van der Waals surface area contributed by atoms with Gasteiger partial charge in [-0.1, -0.05) is 48.5 Å². The van der Waals surface area contributed by atoms with Gasteiger partial charge in [0, 0.05) is 12.1 Å². The van der Waals surface area contributed by atoms with Crippen LogP contribution >= 0.6 is 0 Å². The Morgan fingerprint density at radius 3 is 2.57 bits per heavy atom. The van der Waals surface area contributed by atoms with Crippen LogP contribution in [0.1, 0.15) is 29.7 Å². The Balaban J connectivity index is 1.49.